The fourth-order valence-electron chi connectivity index (χ4n) is 1.33. The van der Waals surface area contributed by atoms with Crippen LogP contribution in [0.3, 0.4) is 0 Å². The lowest BCUT2D eigenvalue weighted by molar-refractivity contribution is 0.186. The molecule has 0 saturated carbocycles. The van der Waals surface area contributed by atoms with E-state index in [0.29, 0.717) is 0 Å². The Labute approximate surface area is 79.4 Å². The van der Waals surface area contributed by atoms with Gasteiger partial charge in [0.25, 0.3) is 0 Å². The van der Waals surface area contributed by atoms with Crippen molar-refractivity contribution in [1.29, 1.82) is 0 Å². The highest BCUT2D eigenvalue weighted by molar-refractivity contribution is 5.24. The molecule has 2 nitrogen and oxygen atoms in total. The van der Waals surface area contributed by atoms with Gasteiger partial charge in [-0.3, -0.25) is 0 Å². The fraction of sp³-hybridized carbons (Fsp3) is 0.455. The van der Waals surface area contributed by atoms with Crippen LogP contribution in [0.1, 0.15) is 30.6 Å². The SMILES string of the molecule is CCCc1ccc([C@H](O)CN)cc1. The molecule has 0 heterocycles. The third-order valence-electron chi connectivity index (χ3n) is 2.13. The molecular weight excluding hydrogens is 162 g/mol. The Morgan fingerprint density at radius 3 is 2.38 bits per heavy atom. The van der Waals surface area contributed by atoms with Crippen LogP contribution in [0.5, 0.6) is 0 Å². The van der Waals surface area contributed by atoms with Gasteiger partial charge in [-0.15, -0.1) is 0 Å². The summed E-state index contributed by atoms with van der Waals surface area (Å²) in [6.45, 7) is 2.44. The third kappa shape index (κ3) is 2.83. The van der Waals surface area contributed by atoms with Crippen molar-refractivity contribution in [2.24, 2.45) is 5.73 Å². The Bertz CT molecular complexity index is 243. The molecule has 72 valence electrons. The summed E-state index contributed by atoms with van der Waals surface area (Å²) in [7, 11) is 0. The summed E-state index contributed by atoms with van der Waals surface area (Å²) in [5.74, 6) is 0. The van der Waals surface area contributed by atoms with Crippen LogP contribution in [0.25, 0.3) is 0 Å². The van der Waals surface area contributed by atoms with E-state index in [1.165, 1.54) is 5.56 Å². The largest absolute Gasteiger partial charge is 0.387 e. The van der Waals surface area contributed by atoms with Crippen LogP contribution in [0.15, 0.2) is 24.3 Å². The number of aryl methyl sites for hydroxylation is 1. The van der Waals surface area contributed by atoms with Crippen LogP contribution in [-0.2, 0) is 6.42 Å². The van der Waals surface area contributed by atoms with Crippen molar-refractivity contribution in [3.8, 4) is 0 Å². The van der Waals surface area contributed by atoms with Gasteiger partial charge in [-0.1, -0.05) is 37.6 Å². The first-order valence-electron chi connectivity index (χ1n) is 4.75. The number of hydrogen-bond donors (Lipinski definition) is 2. The van der Waals surface area contributed by atoms with Crippen molar-refractivity contribution in [3.63, 3.8) is 0 Å². The van der Waals surface area contributed by atoms with Gasteiger partial charge in [-0.2, -0.15) is 0 Å². The molecule has 0 fully saturated rings. The molecule has 0 aromatic heterocycles. The summed E-state index contributed by atoms with van der Waals surface area (Å²) in [6, 6.07) is 8.00. The van der Waals surface area contributed by atoms with Crippen molar-refractivity contribution in [2.45, 2.75) is 25.9 Å². The summed E-state index contributed by atoms with van der Waals surface area (Å²) >= 11 is 0. The van der Waals surface area contributed by atoms with Crippen molar-refractivity contribution in [3.05, 3.63) is 35.4 Å². The standard InChI is InChI=1S/C11H17NO/c1-2-3-9-4-6-10(7-5-9)11(13)8-12/h4-7,11,13H,2-3,8,12H2,1H3/t11-/m1/s1. The van der Waals surface area contributed by atoms with E-state index >= 15 is 0 Å². The van der Waals surface area contributed by atoms with Gasteiger partial charge in [-0.05, 0) is 17.5 Å². The van der Waals surface area contributed by atoms with Crippen molar-refractivity contribution >= 4 is 0 Å². The van der Waals surface area contributed by atoms with E-state index in [4.69, 9.17) is 5.73 Å². The lowest BCUT2D eigenvalue weighted by Crippen LogP contribution is -2.11. The maximum absolute atomic E-state index is 9.43. The molecule has 1 atom stereocenters. The molecule has 1 aromatic rings. The van der Waals surface area contributed by atoms with Gasteiger partial charge in [-0.25, -0.2) is 0 Å². The van der Waals surface area contributed by atoms with Gasteiger partial charge in [0.15, 0.2) is 0 Å². The maximum Gasteiger partial charge on any atom is 0.0912 e. The van der Waals surface area contributed by atoms with Gasteiger partial charge >= 0.3 is 0 Å². The highest BCUT2D eigenvalue weighted by Crippen LogP contribution is 2.13. The molecule has 0 saturated heterocycles. The van der Waals surface area contributed by atoms with E-state index in [2.05, 4.69) is 19.1 Å². The van der Waals surface area contributed by atoms with E-state index in [9.17, 15) is 5.11 Å². The zero-order chi connectivity index (χ0) is 9.68. The van der Waals surface area contributed by atoms with Gasteiger partial charge < -0.3 is 10.8 Å². The number of hydrogen-bond acceptors (Lipinski definition) is 2. The van der Waals surface area contributed by atoms with Crippen molar-refractivity contribution in [2.75, 3.05) is 6.54 Å². The van der Waals surface area contributed by atoms with Crippen LogP contribution >= 0.6 is 0 Å². The number of nitrogens with two attached hydrogens (primary N) is 1. The summed E-state index contributed by atoms with van der Waals surface area (Å²) in [4.78, 5) is 0. The van der Waals surface area contributed by atoms with E-state index in [-0.39, 0.29) is 6.54 Å². The molecule has 1 rings (SSSR count). The minimum absolute atomic E-state index is 0.285. The highest BCUT2D eigenvalue weighted by atomic mass is 16.3. The topological polar surface area (TPSA) is 46.2 Å². The minimum Gasteiger partial charge on any atom is -0.387 e. The molecule has 0 radical (unpaired) electrons. The average molecular weight is 179 g/mol. The number of benzene rings is 1. The normalized spacial score (nSPS) is 12.8. The molecular formula is C11H17NO. The van der Waals surface area contributed by atoms with Gasteiger partial charge in [0.2, 0.25) is 0 Å². The second-order valence-electron chi connectivity index (χ2n) is 3.24. The number of rotatable bonds is 4. The monoisotopic (exact) mass is 179 g/mol. The second-order valence-corrected chi connectivity index (χ2v) is 3.24. The Morgan fingerprint density at radius 2 is 1.92 bits per heavy atom. The molecule has 0 aliphatic rings. The predicted molar refractivity (Wildman–Crippen MR) is 54.5 cm³/mol. The van der Waals surface area contributed by atoms with Crippen LogP contribution in [-0.4, -0.2) is 11.7 Å². The van der Waals surface area contributed by atoms with Crippen LogP contribution in [0.2, 0.25) is 0 Å². The molecule has 0 spiro atoms. The molecule has 0 aliphatic carbocycles. The first kappa shape index (κ1) is 10.2. The van der Waals surface area contributed by atoms with E-state index in [0.717, 1.165) is 18.4 Å². The Morgan fingerprint density at radius 1 is 1.31 bits per heavy atom. The molecule has 0 aliphatic heterocycles. The summed E-state index contributed by atoms with van der Waals surface area (Å²) < 4.78 is 0. The van der Waals surface area contributed by atoms with Gasteiger partial charge in [0.05, 0.1) is 6.10 Å². The van der Waals surface area contributed by atoms with Gasteiger partial charge in [0.1, 0.15) is 0 Å². The number of aliphatic hydroxyl groups excluding tert-OH is 1. The summed E-state index contributed by atoms with van der Waals surface area (Å²) in [5, 5.41) is 9.43. The molecule has 3 N–H and O–H groups in total. The fourth-order valence-corrected chi connectivity index (χ4v) is 1.33. The summed E-state index contributed by atoms with van der Waals surface area (Å²) in [5.41, 5.74) is 7.57. The van der Waals surface area contributed by atoms with Crippen LogP contribution < -0.4 is 5.73 Å². The lowest BCUT2D eigenvalue weighted by atomic mass is 10.0. The van der Waals surface area contributed by atoms with Crippen LogP contribution in [0, 0.1) is 0 Å². The molecule has 13 heavy (non-hydrogen) atoms. The van der Waals surface area contributed by atoms with Crippen molar-refractivity contribution in [1.82, 2.24) is 0 Å². The van der Waals surface area contributed by atoms with E-state index in [1.54, 1.807) is 0 Å². The lowest BCUT2D eigenvalue weighted by Gasteiger charge is -2.08. The highest BCUT2D eigenvalue weighted by Gasteiger charge is 2.03. The zero-order valence-electron chi connectivity index (χ0n) is 8.03. The number of aliphatic hydroxyl groups is 1. The van der Waals surface area contributed by atoms with E-state index < -0.39 is 6.10 Å². The third-order valence-corrected chi connectivity index (χ3v) is 2.13. The average Bonchev–Trinajstić information content (AvgIpc) is 2.18. The Balaban J connectivity index is 2.69. The molecule has 0 unspecified atom stereocenters. The molecule has 2 heteroatoms. The van der Waals surface area contributed by atoms with Crippen molar-refractivity contribution < 1.29 is 5.11 Å². The molecule has 0 amide bonds. The molecule has 0 bridgehead atoms. The predicted octanol–water partition coefficient (Wildman–Crippen LogP) is 1.63. The van der Waals surface area contributed by atoms with Gasteiger partial charge in [0, 0.05) is 6.54 Å². The van der Waals surface area contributed by atoms with Crippen LogP contribution in [0.4, 0.5) is 0 Å². The first-order chi connectivity index (χ1) is 6.27. The van der Waals surface area contributed by atoms with E-state index in [1.807, 2.05) is 12.1 Å². The molecule has 1 aromatic carbocycles. The summed E-state index contributed by atoms with van der Waals surface area (Å²) in [6.07, 6.45) is 1.73. The minimum atomic E-state index is -0.518. The zero-order valence-corrected chi connectivity index (χ0v) is 8.03. The second kappa shape index (κ2) is 5.00. The maximum atomic E-state index is 9.43. The first-order valence-corrected chi connectivity index (χ1v) is 4.75. The smallest absolute Gasteiger partial charge is 0.0912 e. The quantitative estimate of drug-likeness (QED) is 0.738. The Kier molecular flexibility index (Phi) is 3.93. The Hall–Kier alpha value is -0.860.